The third-order valence-electron chi connectivity index (χ3n) is 3.57. The van der Waals surface area contributed by atoms with Crippen molar-refractivity contribution in [1.82, 2.24) is 4.90 Å². The van der Waals surface area contributed by atoms with Crippen LogP contribution in [0, 0.1) is 0 Å². The molecule has 1 heterocycles. The van der Waals surface area contributed by atoms with E-state index in [0.717, 1.165) is 12.8 Å². The van der Waals surface area contributed by atoms with Gasteiger partial charge >= 0.3 is 6.09 Å². The van der Waals surface area contributed by atoms with Crippen molar-refractivity contribution in [2.75, 3.05) is 0 Å². The van der Waals surface area contributed by atoms with Gasteiger partial charge in [0, 0.05) is 6.04 Å². The Morgan fingerprint density at radius 1 is 1.57 bits per heavy atom. The van der Waals surface area contributed by atoms with Gasteiger partial charge in [-0.2, -0.15) is 0 Å². The zero-order chi connectivity index (χ0) is 10.6. The minimum Gasteiger partial charge on any atom is -0.438 e. The third-order valence-corrected chi connectivity index (χ3v) is 3.57. The molecule has 0 aromatic rings. The molecule has 2 fully saturated rings. The Hall–Kier alpha value is -0.770. The Balaban J connectivity index is 2.31. The lowest BCUT2D eigenvalue weighted by Crippen LogP contribution is -2.55. The molecule has 1 aliphatic heterocycles. The fourth-order valence-electron chi connectivity index (χ4n) is 2.02. The van der Waals surface area contributed by atoms with Crippen LogP contribution in [0.2, 0.25) is 0 Å². The van der Waals surface area contributed by atoms with E-state index in [-0.39, 0.29) is 12.1 Å². The van der Waals surface area contributed by atoms with Crippen LogP contribution in [-0.2, 0) is 4.74 Å². The average molecular weight is 199 g/mol. The highest BCUT2D eigenvalue weighted by molar-refractivity contribution is 5.73. The number of nitrogens with zero attached hydrogens (tertiary/aromatic N) is 1. The van der Waals surface area contributed by atoms with Crippen molar-refractivity contribution >= 4 is 6.09 Å². The SMILES string of the molecule is CC[C@@]1(C)OC(=O)N(C2CC2)[C@]1(C)O. The Labute approximate surface area is 83.8 Å². The molecule has 0 spiro atoms. The molecule has 2 rings (SSSR count). The molecule has 0 unspecified atom stereocenters. The highest BCUT2D eigenvalue weighted by atomic mass is 16.6. The van der Waals surface area contributed by atoms with E-state index in [1.807, 2.05) is 6.92 Å². The maximum Gasteiger partial charge on any atom is 0.413 e. The van der Waals surface area contributed by atoms with Crippen LogP contribution in [0.1, 0.15) is 40.0 Å². The molecular formula is C10H17NO3. The smallest absolute Gasteiger partial charge is 0.413 e. The molecule has 14 heavy (non-hydrogen) atoms. The monoisotopic (exact) mass is 199 g/mol. The number of ether oxygens (including phenoxy) is 1. The van der Waals surface area contributed by atoms with Crippen molar-refractivity contribution in [2.24, 2.45) is 0 Å². The summed E-state index contributed by atoms with van der Waals surface area (Å²) in [6.07, 6.45) is 2.20. The summed E-state index contributed by atoms with van der Waals surface area (Å²) in [4.78, 5) is 13.1. The van der Waals surface area contributed by atoms with Crippen molar-refractivity contribution in [3.8, 4) is 0 Å². The van der Waals surface area contributed by atoms with Crippen LogP contribution in [-0.4, -0.2) is 33.5 Å². The number of cyclic esters (lactones) is 1. The molecule has 1 saturated carbocycles. The minimum absolute atomic E-state index is 0.186. The van der Waals surface area contributed by atoms with E-state index in [0.29, 0.717) is 6.42 Å². The number of aliphatic hydroxyl groups is 1. The largest absolute Gasteiger partial charge is 0.438 e. The van der Waals surface area contributed by atoms with Crippen LogP contribution in [0.5, 0.6) is 0 Å². The van der Waals surface area contributed by atoms with E-state index >= 15 is 0 Å². The maximum atomic E-state index is 11.6. The van der Waals surface area contributed by atoms with Gasteiger partial charge in [0.2, 0.25) is 0 Å². The molecule has 0 aromatic carbocycles. The van der Waals surface area contributed by atoms with Gasteiger partial charge in [-0.3, -0.25) is 4.90 Å². The van der Waals surface area contributed by atoms with Gasteiger partial charge in [0.25, 0.3) is 0 Å². The first-order valence-electron chi connectivity index (χ1n) is 5.17. The summed E-state index contributed by atoms with van der Waals surface area (Å²) in [5, 5.41) is 10.3. The number of hydrogen-bond donors (Lipinski definition) is 1. The van der Waals surface area contributed by atoms with Gasteiger partial charge in [0.15, 0.2) is 11.3 Å². The van der Waals surface area contributed by atoms with Crippen molar-refractivity contribution in [1.29, 1.82) is 0 Å². The van der Waals surface area contributed by atoms with E-state index in [1.54, 1.807) is 13.8 Å². The molecule has 0 bridgehead atoms. The molecule has 2 atom stereocenters. The quantitative estimate of drug-likeness (QED) is 0.732. The first kappa shape index (κ1) is 9.77. The summed E-state index contributed by atoms with van der Waals surface area (Å²) in [6, 6.07) is 0.186. The Morgan fingerprint density at radius 3 is 2.50 bits per heavy atom. The number of hydrogen-bond acceptors (Lipinski definition) is 3. The lowest BCUT2D eigenvalue weighted by atomic mass is 9.91. The fraction of sp³-hybridized carbons (Fsp3) is 0.900. The fourth-order valence-corrected chi connectivity index (χ4v) is 2.02. The highest BCUT2D eigenvalue weighted by Crippen LogP contribution is 2.45. The first-order chi connectivity index (χ1) is 6.42. The van der Waals surface area contributed by atoms with Gasteiger partial charge in [-0.05, 0) is 33.1 Å². The second-order valence-electron chi connectivity index (χ2n) is 4.57. The number of amides is 1. The summed E-state index contributed by atoms with van der Waals surface area (Å²) in [5.41, 5.74) is -1.94. The average Bonchev–Trinajstić information content (AvgIpc) is 2.84. The molecule has 80 valence electrons. The molecule has 1 saturated heterocycles. The molecular weight excluding hydrogens is 182 g/mol. The van der Waals surface area contributed by atoms with Gasteiger partial charge in [-0.1, -0.05) is 6.92 Å². The maximum absolute atomic E-state index is 11.6. The minimum atomic E-state index is -1.17. The Morgan fingerprint density at radius 2 is 2.14 bits per heavy atom. The van der Waals surface area contributed by atoms with E-state index in [1.165, 1.54) is 4.90 Å². The van der Waals surface area contributed by atoms with Crippen LogP contribution >= 0.6 is 0 Å². The number of rotatable bonds is 2. The van der Waals surface area contributed by atoms with Crippen molar-refractivity contribution in [3.63, 3.8) is 0 Å². The Bertz CT molecular complexity index is 273. The molecule has 1 aliphatic carbocycles. The lowest BCUT2D eigenvalue weighted by molar-refractivity contribution is -0.139. The summed E-state index contributed by atoms with van der Waals surface area (Å²) in [5.74, 6) is 0. The summed E-state index contributed by atoms with van der Waals surface area (Å²) < 4.78 is 5.26. The second kappa shape index (κ2) is 2.63. The van der Waals surface area contributed by atoms with Crippen LogP contribution in [0.25, 0.3) is 0 Å². The third kappa shape index (κ3) is 1.06. The first-order valence-corrected chi connectivity index (χ1v) is 5.17. The highest BCUT2D eigenvalue weighted by Gasteiger charge is 2.61. The zero-order valence-electron chi connectivity index (χ0n) is 8.91. The summed E-state index contributed by atoms with van der Waals surface area (Å²) >= 11 is 0. The van der Waals surface area contributed by atoms with Crippen LogP contribution in [0.4, 0.5) is 4.79 Å². The number of carbonyl (C=O) groups excluding carboxylic acids is 1. The standard InChI is InChI=1S/C10H17NO3/c1-4-9(2)10(3,13)11(7-5-6-7)8(12)14-9/h7,13H,4-6H2,1-3H3/t9-,10-/m1/s1. The van der Waals surface area contributed by atoms with Crippen molar-refractivity contribution < 1.29 is 14.6 Å². The van der Waals surface area contributed by atoms with Crippen LogP contribution in [0.3, 0.4) is 0 Å². The molecule has 2 aliphatic rings. The van der Waals surface area contributed by atoms with Gasteiger partial charge < -0.3 is 9.84 Å². The molecule has 4 nitrogen and oxygen atoms in total. The molecule has 0 aromatic heterocycles. The zero-order valence-corrected chi connectivity index (χ0v) is 8.91. The van der Waals surface area contributed by atoms with Crippen molar-refractivity contribution in [2.45, 2.75) is 57.4 Å². The van der Waals surface area contributed by atoms with Gasteiger partial charge in [0.05, 0.1) is 0 Å². The predicted octanol–water partition coefficient (Wildman–Crippen LogP) is 1.48. The Kier molecular flexibility index (Phi) is 1.83. The predicted molar refractivity (Wildman–Crippen MR) is 50.7 cm³/mol. The summed E-state index contributed by atoms with van der Waals surface area (Å²) in [6.45, 7) is 5.37. The topological polar surface area (TPSA) is 49.8 Å². The second-order valence-corrected chi connectivity index (χ2v) is 4.57. The lowest BCUT2D eigenvalue weighted by Gasteiger charge is -2.36. The van der Waals surface area contributed by atoms with E-state index in [4.69, 9.17) is 4.74 Å². The van der Waals surface area contributed by atoms with Crippen molar-refractivity contribution in [3.05, 3.63) is 0 Å². The van der Waals surface area contributed by atoms with Crippen LogP contribution < -0.4 is 0 Å². The van der Waals surface area contributed by atoms with Gasteiger partial charge in [-0.15, -0.1) is 0 Å². The van der Waals surface area contributed by atoms with E-state index in [2.05, 4.69) is 0 Å². The molecule has 1 amide bonds. The van der Waals surface area contributed by atoms with Crippen LogP contribution in [0.15, 0.2) is 0 Å². The normalized spacial score (nSPS) is 42.9. The van der Waals surface area contributed by atoms with E-state index in [9.17, 15) is 9.90 Å². The molecule has 1 N–H and O–H groups in total. The van der Waals surface area contributed by atoms with Gasteiger partial charge in [0.1, 0.15) is 0 Å². The summed E-state index contributed by atoms with van der Waals surface area (Å²) in [7, 11) is 0. The molecule has 0 radical (unpaired) electrons. The van der Waals surface area contributed by atoms with Gasteiger partial charge in [-0.25, -0.2) is 4.79 Å². The van der Waals surface area contributed by atoms with E-state index < -0.39 is 11.3 Å². The molecule has 4 heteroatoms. The number of carbonyl (C=O) groups is 1.